The third-order valence-corrected chi connectivity index (χ3v) is 6.27. The van der Waals surface area contributed by atoms with Crippen LogP contribution in [0.5, 0.6) is 0 Å². The van der Waals surface area contributed by atoms with Crippen LogP contribution in [-0.4, -0.2) is 47.8 Å². The van der Waals surface area contributed by atoms with Gasteiger partial charge in [0, 0.05) is 32.6 Å². The summed E-state index contributed by atoms with van der Waals surface area (Å²) in [5.41, 5.74) is 0.222. The number of rotatable bonds is 5. The van der Waals surface area contributed by atoms with E-state index in [9.17, 15) is 14.0 Å². The smallest absolute Gasteiger partial charge is 0.230 e. The SMILES string of the molecule is O=C(CCc1ccccc1F)N1CC[C@@]2(CCCN(CC3CC3)C2=O)C1. The van der Waals surface area contributed by atoms with Crippen LogP contribution < -0.4 is 0 Å². The number of benzene rings is 1. The zero-order chi connectivity index (χ0) is 18.1. The van der Waals surface area contributed by atoms with Crippen LogP contribution in [0.25, 0.3) is 0 Å². The molecule has 140 valence electrons. The molecule has 2 heterocycles. The number of halogens is 1. The van der Waals surface area contributed by atoms with Crippen LogP contribution in [-0.2, 0) is 16.0 Å². The van der Waals surface area contributed by atoms with Crippen molar-refractivity contribution in [2.24, 2.45) is 11.3 Å². The average molecular weight is 358 g/mol. The van der Waals surface area contributed by atoms with E-state index in [-0.39, 0.29) is 23.0 Å². The van der Waals surface area contributed by atoms with E-state index in [4.69, 9.17) is 0 Å². The van der Waals surface area contributed by atoms with E-state index in [0.29, 0.717) is 37.4 Å². The van der Waals surface area contributed by atoms with Crippen molar-refractivity contribution in [3.8, 4) is 0 Å². The van der Waals surface area contributed by atoms with Crippen LogP contribution in [0.1, 0.15) is 44.1 Å². The van der Waals surface area contributed by atoms with Crippen molar-refractivity contribution in [2.45, 2.75) is 44.9 Å². The molecule has 1 aromatic rings. The molecule has 2 saturated heterocycles. The quantitative estimate of drug-likeness (QED) is 0.812. The van der Waals surface area contributed by atoms with Crippen LogP contribution in [0.3, 0.4) is 0 Å². The number of likely N-dealkylation sites (tertiary alicyclic amines) is 2. The van der Waals surface area contributed by atoms with Gasteiger partial charge in [-0.25, -0.2) is 4.39 Å². The Morgan fingerprint density at radius 1 is 1.19 bits per heavy atom. The molecular formula is C21H27FN2O2. The Hall–Kier alpha value is -1.91. The van der Waals surface area contributed by atoms with Crippen LogP contribution in [0.15, 0.2) is 24.3 Å². The second kappa shape index (κ2) is 7.01. The number of hydrogen-bond donors (Lipinski definition) is 0. The molecule has 0 unspecified atom stereocenters. The van der Waals surface area contributed by atoms with Crippen LogP contribution >= 0.6 is 0 Å². The highest BCUT2D eigenvalue weighted by molar-refractivity contribution is 5.86. The lowest BCUT2D eigenvalue weighted by Gasteiger charge is -2.39. The third-order valence-electron chi connectivity index (χ3n) is 6.27. The van der Waals surface area contributed by atoms with Crippen LogP contribution in [0, 0.1) is 17.2 Å². The highest BCUT2D eigenvalue weighted by Crippen LogP contribution is 2.41. The zero-order valence-corrected chi connectivity index (χ0v) is 15.3. The molecule has 4 rings (SSSR count). The summed E-state index contributed by atoms with van der Waals surface area (Å²) in [6.07, 6.45) is 5.92. The van der Waals surface area contributed by atoms with Crippen molar-refractivity contribution >= 4 is 11.8 Å². The fourth-order valence-electron chi connectivity index (χ4n) is 4.50. The van der Waals surface area contributed by atoms with Crippen molar-refractivity contribution in [3.63, 3.8) is 0 Å². The maximum absolute atomic E-state index is 13.7. The maximum atomic E-state index is 13.7. The largest absolute Gasteiger partial charge is 0.342 e. The lowest BCUT2D eigenvalue weighted by atomic mass is 9.78. The molecule has 1 spiro atoms. The Morgan fingerprint density at radius 2 is 2.00 bits per heavy atom. The molecule has 4 nitrogen and oxygen atoms in total. The first-order valence-electron chi connectivity index (χ1n) is 9.88. The fourth-order valence-corrected chi connectivity index (χ4v) is 4.50. The molecule has 1 saturated carbocycles. The Morgan fingerprint density at radius 3 is 2.77 bits per heavy atom. The lowest BCUT2D eigenvalue weighted by molar-refractivity contribution is -0.146. The van der Waals surface area contributed by atoms with E-state index in [1.54, 1.807) is 18.2 Å². The minimum absolute atomic E-state index is 0.0391. The second-order valence-electron chi connectivity index (χ2n) is 8.24. The van der Waals surface area contributed by atoms with Gasteiger partial charge in [-0.05, 0) is 56.1 Å². The Bertz CT molecular complexity index is 703. The molecule has 3 fully saturated rings. The minimum Gasteiger partial charge on any atom is -0.342 e. The Kier molecular flexibility index (Phi) is 4.72. The molecule has 1 aromatic carbocycles. The first-order valence-corrected chi connectivity index (χ1v) is 9.88. The summed E-state index contributed by atoms with van der Waals surface area (Å²) in [6.45, 7) is 2.97. The highest BCUT2D eigenvalue weighted by atomic mass is 19.1. The summed E-state index contributed by atoms with van der Waals surface area (Å²) in [6, 6.07) is 6.62. The molecule has 3 aliphatic rings. The average Bonchev–Trinajstić information content (AvgIpc) is 3.36. The fraction of sp³-hybridized carbons (Fsp3) is 0.619. The molecule has 2 amide bonds. The first-order chi connectivity index (χ1) is 12.6. The van der Waals surface area contributed by atoms with Gasteiger partial charge in [0.2, 0.25) is 11.8 Å². The summed E-state index contributed by atoms with van der Waals surface area (Å²) >= 11 is 0. The summed E-state index contributed by atoms with van der Waals surface area (Å²) in [5.74, 6) is 0.752. The van der Waals surface area contributed by atoms with Crippen LogP contribution in [0.4, 0.5) is 4.39 Å². The van der Waals surface area contributed by atoms with Gasteiger partial charge in [-0.1, -0.05) is 18.2 Å². The van der Waals surface area contributed by atoms with E-state index in [2.05, 4.69) is 4.90 Å². The molecule has 0 bridgehead atoms. The normalized spacial score (nSPS) is 26.0. The molecular weight excluding hydrogens is 331 g/mol. The van der Waals surface area contributed by atoms with Crippen molar-refractivity contribution < 1.29 is 14.0 Å². The number of carbonyl (C=O) groups excluding carboxylic acids is 2. The Labute approximate surface area is 154 Å². The number of nitrogens with zero attached hydrogens (tertiary/aromatic N) is 2. The number of carbonyl (C=O) groups is 2. The maximum Gasteiger partial charge on any atom is 0.230 e. The summed E-state index contributed by atoms with van der Waals surface area (Å²) < 4.78 is 13.7. The van der Waals surface area contributed by atoms with Gasteiger partial charge in [0.15, 0.2) is 0 Å². The monoisotopic (exact) mass is 358 g/mol. The minimum atomic E-state index is -0.360. The molecule has 0 N–H and O–H groups in total. The summed E-state index contributed by atoms with van der Waals surface area (Å²) in [7, 11) is 0. The van der Waals surface area contributed by atoms with Gasteiger partial charge in [-0.2, -0.15) is 0 Å². The van der Waals surface area contributed by atoms with E-state index in [1.807, 2.05) is 4.90 Å². The van der Waals surface area contributed by atoms with Gasteiger partial charge >= 0.3 is 0 Å². The standard InChI is InChI=1S/C21H27FN2O2/c22-18-5-2-1-4-17(18)8-9-19(25)24-13-11-21(15-24)10-3-12-23(20(21)26)14-16-6-7-16/h1-2,4-5,16H,3,6-15H2/t21-/m0/s1. The van der Waals surface area contributed by atoms with Crippen molar-refractivity contribution in [2.75, 3.05) is 26.2 Å². The number of aryl methyl sites for hydroxylation is 1. The lowest BCUT2D eigenvalue weighted by Crippen LogP contribution is -2.50. The van der Waals surface area contributed by atoms with E-state index in [0.717, 1.165) is 32.4 Å². The van der Waals surface area contributed by atoms with Crippen molar-refractivity contribution in [1.29, 1.82) is 0 Å². The number of hydrogen-bond acceptors (Lipinski definition) is 2. The van der Waals surface area contributed by atoms with Gasteiger partial charge < -0.3 is 9.80 Å². The van der Waals surface area contributed by atoms with Crippen molar-refractivity contribution in [1.82, 2.24) is 9.80 Å². The number of piperidine rings is 1. The third kappa shape index (κ3) is 3.49. The predicted molar refractivity (Wildman–Crippen MR) is 96.9 cm³/mol. The molecule has 0 aromatic heterocycles. The molecule has 5 heteroatoms. The van der Waals surface area contributed by atoms with Gasteiger partial charge in [-0.3, -0.25) is 9.59 Å². The summed E-state index contributed by atoms with van der Waals surface area (Å²) in [5, 5.41) is 0. The number of amides is 2. The van der Waals surface area contributed by atoms with Crippen LogP contribution in [0.2, 0.25) is 0 Å². The van der Waals surface area contributed by atoms with E-state index in [1.165, 1.54) is 18.9 Å². The molecule has 0 radical (unpaired) electrons. The highest BCUT2D eigenvalue weighted by Gasteiger charge is 2.49. The zero-order valence-electron chi connectivity index (χ0n) is 15.3. The Balaban J connectivity index is 1.35. The van der Waals surface area contributed by atoms with Crippen molar-refractivity contribution in [3.05, 3.63) is 35.6 Å². The van der Waals surface area contributed by atoms with Gasteiger partial charge in [0.25, 0.3) is 0 Å². The van der Waals surface area contributed by atoms with E-state index < -0.39 is 0 Å². The first kappa shape index (κ1) is 17.5. The molecule has 1 aliphatic carbocycles. The topological polar surface area (TPSA) is 40.6 Å². The van der Waals surface area contributed by atoms with Gasteiger partial charge in [0.05, 0.1) is 5.41 Å². The molecule has 26 heavy (non-hydrogen) atoms. The van der Waals surface area contributed by atoms with E-state index >= 15 is 0 Å². The molecule has 2 aliphatic heterocycles. The van der Waals surface area contributed by atoms with Gasteiger partial charge in [-0.15, -0.1) is 0 Å². The predicted octanol–water partition coefficient (Wildman–Crippen LogP) is 3.01. The van der Waals surface area contributed by atoms with Gasteiger partial charge in [0.1, 0.15) is 5.82 Å². The summed E-state index contributed by atoms with van der Waals surface area (Å²) in [4.78, 5) is 29.5. The molecule has 1 atom stereocenters. The second-order valence-corrected chi connectivity index (χ2v) is 8.24.